The largest absolute Gasteiger partial charge is 0.383 e. The van der Waals surface area contributed by atoms with Crippen molar-refractivity contribution in [3.8, 4) is 0 Å². The molecule has 1 aliphatic heterocycles. The quantitative estimate of drug-likeness (QED) is 0.873. The van der Waals surface area contributed by atoms with Gasteiger partial charge in [0.1, 0.15) is 0 Å². The molecule has 21 heavy (non-hydrogen) atoms. The van der Waals surface area contributed by atoms with E-state index in [1.165, 1.54) is 11.1 Å². The zero-order valence-corrected chi connectivity index (χ0v) is 13.3. The van der Waals surface area contributed by atoms with E-state index in [1.54, 1.807) is 7.11 Å². The molecule has 0 saturated heterocycles. The third kappa shape index (κ3) is 3.63. The van der Waals surface area contributed by atoms with E-state index < -0.39 is 0 Å². The minimum absolute atomic E-state index is 0.139. The van der Waals surface area contributed by atoms with Crippen LogP contribution in [0.2, 0.25) is 0 Å². The maximum absolute atomic E-state index is 13.0. The Hall–Kier alpha value is -1.39. The van der Waals surface area contributed by atoms with E-state index in [1.807, 2.05) is 17.0 Å². The van der Waals surface area contributed by atoms with E-state index >= 15 is 0 Å². The summed E-state index contributed by atoms with van der Waals surface area (Å²) in [7, 11) is 1.68. The number of ether oxygens (including phenoxy) is 1. The molecule has 1 heterocycles. The standard InChI is InChI=1S/C17H26N2O2/c1-4-13(2)19(10-11-21-3)17(20)16-7-5-6-14-12-18-9-8-15(14)16/h5-7,13,18H,4,8-12H2,1-3H3. The molecule has 0 bridgehead atoms. The van der Waals surface area contributed by atoms with Crippen molar-refractivity contribution in [2.45, 2.75) is 39.3 Å². The summed E-state index contributed by atoms with van der Waals surface area (Å²) >= 11 is 0. The van der Waals surface area contributed by atoms with Crippen LogP contribution in [-0.4, -0.2) is 43.7 Å². The summed E-state index contributed by atoms with van der Waals surface area (Å²) in [5.41, 5.74) is 3.33. The van der Waals surface area contributed by atoms with Crippen molar-refractivity contribution in [3.63, 3.8) is 0 Å². The summed E-state index contributed by atoms with van der Waals surface area (Å²) in [6.45, 7) is 7.24. The molecule has 0 saturated carbocycles. The van der Waals surface area contributed by atoms with Crippen molar-refractivity contribution in [2.75, 3.05) is 26.8 Å². The lowest BCUT2D eigenvalue weighted by molar-refractivity contribution is 0.0612. The molecule has 0 aromatic heterocycles. The van der Waals surface area contributed by atoms with Gasteiger partial charge in [0.25, 0.3) is 5.91 Å². The molecule has 1 aliphatic rings. The fourth-order valence-electron chi connectivity index (χ4n) is 2.82. The van der Waals surface area contributed by atoms with Crippen LogP contribution in [0.1, 0.15) is 41.8 Å². The van der Waals surface area contributed by atoms with Crippen molar-refractivity contribution in [1.29, 1.82) is 0 Å². The van der Waals surface area contributed by atoms with E-state index in [0.29, 0.717) is 13.2 Å². The first kappa shape index (κ1) is 16.0. The summed E-state index contributed by atoms with van der Waals surface area (Å²) in [4.78, 5) is 14.9. The molecule has 0 radical (unpaired) electrons. The lowest BCUT2D eigenvalue weighted by Crippen LogP contribution is -2.41. The third-order valence-corrected chi connectivity index (χ3v) is 4.29. The fourth-order valence-corrected chi connectivity index (χ4v) is 2.82. The maximum atomic E-state index is 13.0. The van der Waals surface area contributed by atoms with Gasteiger partial charge in [-0.25, -0.2) is 0 Å². The Morgan fingerprint density at radius 1 is 1.48 bits per heavy atom. The van der Waals surface area contributed by atoms with E-state index in [0.717, 1.165) is 31.5 Å². The van der Waals surface area contributed by atoms with E-state index in [9.17, 15) is 4.79 Å². The van der Waals surface area contributed by atoms with Gasteiger partial charge < -0.3 is 15.0 Å². The van der Waals surface area contributed by atoms with Gasteiger partial charge in [-0.15, -0.1) is 0 Å². The third-order valence-electron chi connectivity index (χ3n) is 4.29. The van der Waals surface area contributed by atoms with Crippen LogP contribution in [0.15, 0.2) is 18.2 Å². The van der Waals surface area contributed by atoms with Gasteiger partial charge in [0.05, 0.1) is 6.61 Å². The van der Waals surface area contributed by atoms with Crippen LogP contribution in [-0.2, 0) is 17.7 Å². The molecule has 1 atom stereocenters. The highest BCUT2D eigenvalue weighted by atomic mass is 16.5. The number of amides is 1. The minimum Gasteiger partial charge on any atom is -0.383 e. The maximum Gasteiger partial charge on any atom is 0.254 e. The van der Waals surface area contributed by atoms with E-state index in [4.69, 9.17) is 4.74 Å². The zero-order chi connectivity index (χ0) is 15.2. The molecular weight excluding hydrogens is 264 g/mol. The number of methoxy groups -OCH3 is 1. The molecule has 4 nitrogen and oxygen atoms in total. The van der Waals surface area contributed by atoms with Crippen molar-refractivity contribution < 1.29 is 9.53 Å². The lowest BCUT2D eigenvalue weighted by atomic mass is 9.94. The molecular formula is C17H26N2O2. The van der Waals surface area contributed by atoms with Gasteiger partial charge in [-0.2, -0.15) is 0 Å². The van der Waals surface area contributed by atoms with Crippen molar-refractivity contribution in [1.82, 2.24) is 10.2 Å². The summed E-state index contributed by atoms with van der Waals surface area (Å²) in [5, 5.41) is 3.36. The Balaban J connectivity index is 2.28. The predicted octanol–water partition coefficient (Wildman–Crippen LogP) is 2.22. The molecule has 1 N–H and O–H groups in total. The average molecular weight is 290 g/mol. The highest BCUT2D eigenvalue weighted by molar-refractivity contribution is 5.96. The monoisotopic (exact) mass is 290 g/mol. The first-order valence-electron chi connectivity index (χ1n) is 7.80. The normalized spacial score (nSPS) is 15.4. The van der Waals surface area contributed by atoms with Crippen LogP contribution in [0.5, 0.6) is 0 Å². The first-order chi connectivity index (χ1) is 10.2. The fraction of sp³-hybridized carbons (Fsp3) is 0.588. The van der Waals surface area contributed by atoms with Crippen LogP contribution in [0.25, 0.3) is 0 Å². The number of rotatable bonds is 6. The van der Waals surface area contributed by atoms with E-state index in [2.05, 4.69) is 25.2 Å². The zero-order valence-electron chi connectivity index (χ0n) is 13.3. The molecule has 0 fully saturated rings. The second kappa shape index (κ2) is 7.57. The molecule has 2 rings (SSSR count). The van der Waals surface area contributed by atoms with Crippen molar-refractivity contribution in [3.05, 3.63) is 34.9 Å². The van der Waals surface area contributed by atoms with Crippen LogP contribution in [0.3, 0.4) is 0 Å². The van der Waals surface area contributed by atoms with Crippen molar-refractivity contribution >= 4 is 5.91 Å². The number of hydrogen-bond acceptors (Lipinski definition) is 3. The van der Waals surface area contributed by atoms with Crippen LogP contribution in [0, 0.1) is 0 Å². The number of hydrogen-bond donors (Lipinski definition) is 1. The molecule has 116 valence electrons. The van der Waals surface area contributed by atoms with Gasteiger partial charge in [-0.3, -0.25) is 4.79 Å². The van der Waals surface area contributed by atoms with Crippen LogP contribution >= 0.6 is 0 Å². The Morgan fingerprint density at radius 3 is 3.00 bits per heavy atom. The van der Waals surface area contributed by atoms with Gasteiger partial charge >= 0.3 is 0 Å². The number of fused-ring (bicyclic) bond motifs is 1. The average Bonchev–Trinajstić information content (AvgIpc) is 2.54. The highest BCUT2D eigenvalue weighted by Crippen LogP contribution is 2.21. The van der Waals surface area contributed by atoms with Gasteiger partial charge in [0.2, 0.25) is 0 Å². The van der Waals surface area contributed by atoms with Gasteiger partial charge in [0, 0.05) is 31.8 Å². The molecule has 1 amide bonds. The first-order valence-corrected chi connectivity index (χ1v) is 7.80. The highest BCUT2D eigenvalue weighted by Gasteiger charge is 2.24. The van der Waals surface area contributed by atoms with Gasteiger partial charge in [-0.1, -0.05) is 19.1 Å². The number of nitrogens with one attached hydrogen (secondary N) is 1. The van der Waals surface area contributed by atoms with Crippen LogP contribution < -0.4 is 5.32 Å². The van der Waals surface area contributed by atoms with Gasteiger partial charge in [-0.05, 0) is 43.5 Å². The molecule has 1 aromatic rings. The molecule has 0 aliphatic carbocycles. The Labute approximate surface area is 127 Å². The number of carbonyl (C=O) groups excluding carboxylic acids is 1. The Morgan fingerprint density at radius 2 is 2.29 bits per heavy atom. The predicted molar refractivity (Wildman–Crippen MR) is 84.5 cm³/mol. The SMILES string of the molecule is CCC(C)N(CCOC)C(=O)c1cccc2c1CCNC2. The molecule has 0 spiro atoms. The lowest BCUT2D eigenvalue weighted by Gasteiger charge is -2.30. The summed E-state index contributed by atoms with van der Waals surface area (Å²) in [6.07, 6.45) is 1.88. The second-order valence-electron chi connectivity index (χ2n) is 5.62. The molecule has 1 aromatic carbocycles. The van der Waals surface area contributed by atoms with E-state index in [-0.39, 0.29) is 11.9 Å². The summed E-state index contributed by atoms with van der Waals surface area (Å²) in [6, 6.07) is 6.30. The number of benzene rings is 1. The van der Waals surface area contributed by atoms with Crippen molar-refractivity contribution in [2.24, 2.45) is 0 Å². The summed E-state index contributed by atoms with van der Waals surface area (Å²) in [5.74, 6) is 0.139. The van der Waals surface area contributed by atoms with Gasteiger partial charge in [0.15, 0.2) is 0 Å². The minimum atomic E-state index is 0.139. The second-order valence-corrected chi connectivity index (χ2v) is 5.62. The topological polar surface area (TPSA) is 41.6 Å². The van der Waals surface area contributed by atoms with Crippen LogP contribution in [0.4, 0.5) is 0 Å². The molecule has 1 unspecified atom stereocenters. The number of nitrogens with zero attached hydrogens (tertiary/aromatic N) is 1. The smallest absolute Gasteiger partial charge is 0.254 e. The number of carbonyl (C=O) groups is 1. The summed E-state index contributed by atoms with van der Waals surface area (Å²) < 4.78 is 5.16. The Bertz CT molecular complexity index is 488. The molecule has 4 heteroatoms. The Kier molecular flexibility index (Phi) is 5.76.